The highest BCUT2D eigenvalue weighted by Gasteiger charge is 2.02. The van der Waals surface area contributed by atoms with Crippen LogP contribution in [-0.4, -0.2) is 17.1 Å². The fourth-order valence-corrected chi connectivity index (χ4v) is 1.44. The van der Waals surface area contributed by atoms with Gasteiger partial charge in [-0.15, -0.1) is 0 Å². The van der Waals surface area contributed by atoms with Crippen molar-refractivity contribution in [2.45, 2.75) is 6.42 Å². The van der Waals surface area contributed by atoms with E-state index in [1.165, 1.54) is 6.20 Å². The van der Waals surface area contributed by atoms with Crippen molar-refractivity contribution < 1.29 is 4.74 Å². The molecular formula is C12H12N2O2. The summed E-state index contributed by atoms with van der Waals surface area (Å²) in [4.78, 5) is 18.0. The number of methoxy groups -OCH3 is 1. The van der Waals surface area contributed by atoms with E-state index in [-0.39, 0.29) is 5.56 Å². The van der Waals surface area contributed by atoms with Gasteiger partial charge in [-0.05, 0) is 17.7 Å². The molecule has 4 heteroatoms. The lowest BCUT2D eigenvalue weighted by molar-refractivity contribution is 0.414. The number of aromatic nitrogens is 2. The van der Waals surface area contributed by atoms with Gasteiger partial charge in [-0.1, -0.05) is 12.1 Å². The first-order valence-corrected chi connectivity index (χ1v) is 4.95. The second-order valence-corrected chi connectivity index (χ2v) is 3.39. The van der Waals surface area contributed by atoms with E-state index in [9.17, 15) is 4.79 Å². The van der Waals surface area contributed by atoms with Gasteiger partial charge in [0.1, 0.15) is 11.4 Å². The van der Waals surface area contributed by atoms with E-state index in [0.717, 1.165) is 11.3 Å². The van der Waals surface area contributed by atoms with Gasteiger partial charge in [0, 0.05) is 18.8 Å². The van der Waals surface area contributed by atoms with Crippen molar-refractivity contribution in [3.8, 4) is 5.75 Å². The van der Waals surface area contributed by atoms with Crippen molar-refractivity contribution >= 4 is 0 Å². The van der Waals surface area contributed by atoms with E-state index in [1.54, 1.807) is 13.3 Å². The maximum Gasteiger partial charge on any atom is 0.269 e. The topological polar surface area (TPSA) is 55.0 Å². The first-order chi connectivity index (χ1) is 7.79. The second kappa shape index (κ2) is 4.61. The lowest BCUT2D eigenvalue weighted by atomic mass is 10.1. The Labute approximate surface area is 92.9 Å². The number of H-pyrrole nitrogens is 1. The zero-order chi connectivity index (χ0) is 11.4. The minimum absolute atomic E-state index is 0.140. The molecule has 0 unspecified atom stereocenters. The van der Waals surface area contributed by atoms with Gasteiger partial charge >= 0.3 is 0 Å². The summed E-state index contributed by atoms with van der Waals surface area (Å²) in [5.74, 6) is 0.804. The van der Waals surface area contributed by atoms with E-state index in [1.807, 2.05) is 24.3 Å². The summed E-state index contributed by atoms with van der Waals surface area (Å²) in [7, 11) is 1.62. The number of aromatic amines is 1. The Morgan fingerprint density at radius 2 is 2.06 bits per heavy atom. The normalized spacial score (nSPS) is 10.1. The van der Waals surface area contributed by atoms with Crippen molar-refractivity contribution in [2.75, 3.05) is 7.11 Å². The second-order valence-electron chi connectivity index (χ2n) is 3.39. The van der Waals surface area contributed by atoms with Crippen LogP contribution in [0.1, 0.15) is 11.3 Å². The third-order valence-electron chi connectivity index (χ3n) is 2.31. The Bertz CT molecular complexity index is 517. The Morgan fingerprint density at radius 1 is 1.31 bits per heavy atom. The summed E-state index contributed by atoms with van der Waals surface area (Å²) in [5, 5.41) is 0. The van der Waals surface area contributed by atoms with Crippen LogP contribution in [0.2, 0.25) is 0 Å². The molecule has 0 saturated heterocycles. The summed E-state index contributed by atoms with van der Waals surface area (Å²) < 4.78 is 5.06. The molecule has 2 aromatic rings. The summed E-state index contributed by atoms with van der Waals surface area (Å²) in [6.45, 7) is 0. The Kier molecular flexibility index (Phi) is 3.00. The zero-order valence-electron chi connectivity index (χ0n) is 8.93. The number of nitrogens with one attached hydrogen (secondary N) is 1. The van der Waals surface area contributed by atoms with Gasteiger partial charge in [0.15, 0.2) is 0 Å². The van der Waals surface area contributed by atoms with Gasteiger partial charge < -0.3 is 9.72 Å². The number of benzene rings is 1. The third-order valence-corrected chi connectivity index (χ3v) is 2.31. The largest absolute Gasteiger partial charge is 0.497 e. The van der Waals surface area contributed by atoms with E-state index in [4.69, 9.17) is 4.74 Å². The molecule has 1 N–H and O–H groups in total. The predicted octanol–water partition coefficient (Wildman–Crippen LogP) is 1.37. The van der Waals surface area contributed by atoms with Gasteiger partial charge in [-0.3, -0.25) is 9.78 Å². The maximum absolute atomic E-state index is 11.4. The molecule has 16 heavy (non-hydrogen) atoms. The van der Waals surface area contributed by atoms with Crippen molar-refractivity contribution in [3.05, 3.63) is 58.3 Å². The molecule has 1 aromatic heterocycles. The fraction of sp³-hybridized carbons (Fsp3) is 0.167. The average Bonchev–Trinajstić information content (AvgIpc) is 2.33. The number of rotatable bonds is 3. The minimum atomic E-state index is -0.140. The molecule has 0 amide bonds. The van der Waals surface area contributed by atoms with E-state index in [2.05, 4.69) is 9.97 Å². The van der Waals surface area contributed by atoms with Crippen LogP contribution < -0.4 is 10.3 Å². The zero-order valence-corrected chi connectivity index (χ0v) is 8.93. The lowest BCUT2D eigenvalue weighted by Gasteiger charge is -2.02. The van der Waals surface area contributed by atoms with Crippen LogP contribution in [0.5, 0.6) is 5.75 Å². The molecule has 0 spiro atoms. The van der Waals surface area contributed by atoms with Gasteiger partial charge in [0.05, 0.1) is 7.11 Å². The van der Waals surface area contributed by atoms with Crippen LogP contribution in [0, 0.1) is 0 Å². The SMILES string of the molecule is COc1ccc(Cc2ncc[nH]c2=O)cc1. The molecule has 0 bridgehead atoms. The van der Waals surface area contributed by atoms with Crippen molar-refractivity contribution in [1.29, 1.82) is 0 Å². The Hall–Kier alpha value is -2.10. The van der Waals surface area contributed by atoms with Crippen molar-refractivity contribution in [3.63, 3.8) is 0 Å². The van der Waals surface area contributed by atoms with E-state index >= 15 is 0 Å². The first kappa shape index (κ1) is 10.4. The van der Waals surface area contributed by atoms with Crippen molar-refractivity contribution in [2.24, 2.45) is 0 Å². The fourth-order valence-electron chi connectivity index (χ4n) is 1.44. The molecule has 0 aliphatic heterocycles. The number of nitrogens with zero attached hydrogens (tertiary/aromatic N) is 1. The highest BCUT2D eigenvalue weighted by Crippen LogP contribution is 2.12. The molecule has 0 aliphatic carbocycles. The summed E-state index contributed by atoms with van der Waals surface area (Å²) >= 11 is 0. The van der Waals surface area contributed by atoms with E-state index < -0.39 is 0 Å². The predicted molar refractivity (Wildman–Crippen MR) is 60.7 cm³/mol. The summed E-state index contributed by atoms with van der Waals surface area (Å²) in [6, 6.07) is 7.58. The first-order valence-electron chi connectivity index (χ1n) is 4.95. The molecule has 4 nitrogen and oxygen atoms in total. The van der Waals surface area contributed by atoms with Crippen LogP contribution in [0.25, 0.3) is 0 Å². The van der Waals surface area contributed by atoms with Crippen LogP contribution in [0.4, 0.5) is 0 Å². The molecule has 1 heterocycles. The van der Waals surface area contributed by atoms with Gasteiger partial charge in [-0.25, -0.2) is 0 Å². The molecule has 0 aliphatic rings. The quantitative estimate of drug-likeness (QED) is 0.843. The highest BCUT2D eigenvalue weighted by molar-refractivity contribution is 5.29. The van der Waals surface area contributed by atoms with Crippen LogP contribution in [-0.2, 0) is 6.42 Å². The van der Waals surface area contributed by atoms with Gasteiger partial charge in [0.2, 0.25) is 0 Å². The molecule has 0 atom stereocenters. The maximum atomic E-state index is 11.4. The van der Waals surface area contributed by atoms with Crippen LogP contribution in [0.15, 0.2) is 41.5 Å². The molecule has 1 aromatic carbocycles. The summed E-state index contributed by atoms with van der Waals surface area (Å²) in [5.41, 5.74) is 1.41. The van der Waals surface area contributed by atoms with Gasteiger partial charge in [-0.2, -0.15) is 0 Å². The number of ether oxygens (including phenoxy) is 1. The van der Waals surface area contributed by atoms with E-state index in [0.29, 0.717) is 12.1 Å². The summed E-state index contributed by atoms with van der Waals surface area (Å²) in [6.07, 6.45) is 3.64. The molecule has 82 valence electrons. The Morgan fingerprint density at radius 3 is 2.69 bits per heavy atom. The molecule has 0 fully saturated rings. The monoisotopic (exact) mass is 216 g/mol. The molecule has 0 radical (unpaired) electrons. The van der Waals surface area contributed by atoms with Gasteiger partial charge in [0.25, 0.3) is 5.56 Å². The number of hydrogen-bond acceptors (Lipinski definition) is 3. The van der Waals surface area contributed by atoms with Crippen LogP contribution >= 0.6 is 0 Å². The van der Waals surface area contributed by atoms with Crippen molar-refractivity contribution in [1.82, 2.24) is 9.97 Å². The minimum Gasteiger partial charge on any atom is -0.497 e. The van der Waals surface area contributed by atoms with Crippen LogP contribution in [0.3, 0.4) is 0 Å². The Balaban J connectivity index is 2.21. The molecular weight excluding hydrogens is 204 g/mol. The molecule has 2 rings (SSSR count). The molecule has 0 saturated carbocycles. The lowest BCUT2D eigenvalue weighted by Crippen LogP contribution is -2.13. The number of hydrogen-bond donors (Lipinski definition) is 1. The smallest absolute Gasteiger partial charge is 0.269 e. The third kappa shape index (κ3) is 2.28. The average molecular weight is 216 g/mol. The highest BCUT2D eigenvalue weighted by atomic mass is 16.5. The standard InChI is InChI=1S/C12H12N2O2/c1-16-10-4-2-9(3-5-10)8-11-12(15)14-7-6-13-11/h2-7H,8H2,1H3,(H,14,15).